The summed E-state index contributed by atoms with van der Waals surface area (Å²) in [6.07, 6.45) is 6.11. The quantitative estimate of drug-likeness (QED) is 0.695. The number of nitrogens with one attached hydrogen (secondary N) is 1. The highest BCUT2D eigenvalue weighted by atomic mass is 32.2. The smallest absolute Gasteiger partial charge is 0.274 e. The van der Waals surface area contributed by atoms with Crippen molar-refractivity contribution in [1.82, 2.24) is 9.97 Å². The largest absolute Gasteiger partial charge is 0.353 e. The lowest BCUT2D eigenvalue weighted by Crippen LogP contribution is -2.37. The summed E-state index contributed by atoms with van der Waals surface area (Å²) in [6.45, 7) is 6.92. The van der Waals surface area contributed by atoms with Crippen molar-refractivity contribution in [3.05, 3.63) is 41.9 Å². The molecule has 0 atom stereocenters. The van der Waals surface area contributed by atoms with E-state index in [4.69, 9.17) is 5.14 Å². The molecule has 1 saturated carbocycles. The van der Waals surface area contributed by atoms with E-state index >= 15 is 0 Å². The highest BCUT2D eigenvalue weighted by Crippen LogP contribution is 2.28. The average Bonchev–Trinajstić information content (AvgIpc) is 3.21. The van der Waals surface area contributed by atoms with Crippen molar-refractivity contribution in [3.63, 3.8) is 0 Å². The van der Waals surface area contributed by atoms with Crippen molar-refractivity contribution < 1.29 is 13.2 Å². The maximum atomic E-state index is 12.8. The summed E-state index contributed by atoms with van der Waals surface area (Å²) in [6, 6.07) is 6.49. The summed E-state index contributed by atoms with van der Waals surface area (Å²) in [5, 5.41) is 7.96. The molecule has 3 N–H and O–H groups in total. The van der Waals surface area contributed by atoms with Crippen LogP contribution in [0.2, 0.25) is 0 Å². The van der Waals surface area contributed by atoms with Gasteiger partial charge in [-0.1, -0.05) is 26.7 Å². The molecule has 1 aromatic carbocycles. The van der Waals surface area contributed by atoms with E-state index in [1.165, 1.54) is 37.4 Å². The van der Waals surface area contributed by atoms with Gasteiger partial charge < -0.3 is 10.2 Å². The van der Waals surface area contributed by atoms with Crippen LogP contribution in [0.25, 0.3) is 0 Å². The maximum Gasteiger partial charge on any atom is 0.274 e. The molecule has 1 aliphatic carbocycles. The second-order valence-electron chi connectivity index (χ2n) is 8.22. The average molecular weight is 432 g/mol. The summed E-state index contributed by atoms with van der Waals surface area (Å²) < 4.78 is 23.0. The van der Waals surface area contributed by atoms with Gasteiger partial charge in [-0.05, 0) is 49.4 Å². The van der Waals surface area contributed by atoms with E-state index < -0.39 is 10.0 Å². The fourth-order valence-corrected chi connectivity index (χ4v) is 4.41. The molecule has 162 valence electrons. The predicted molar refractivity (Wildman–Crippen MR) is 117 cm³/mol. The van der Waals surface area contributed by atoms with E-state index in [-0.39, 0.29) is 16.5 Å². The Labute approximate surface area is 178 Å². The van der Waals surface area contributed by atoms with Gasteiger partial charge in [-0.2, -0.15) is 0 Å². The first-order valence-electron chi connectivity index (χ1n) is 10.2. The summed E-state index contributed by atoms with van der Waals surface area (Å²) in [4.78, 5) is 23.7. The van der Waals surface area contributed by atoms with E-state index in [1.807, 2.05) is 0 Å². The number of benzene rings is 1. The molecule has 0 unspecified atom stereocenters. The third-order valence-electron chi connectivity index (χ3n) is 5.28. The minimum atomic E-state index is -3.79. The van der Waals surface area contributed by atoms with E-state index in [2.05, 4.69) is 34.0 Å². The van der Waals surface area contributed by atoms with Crippen LogP contribution in [0.3, 0.4) is 0 Å². The number of sulfonamides is 1. The molecule has 0 aliphatic heterocycles. The van der Waals surface area contributed by atoms with Crippen molar-refractivity contribution in [3.8, 4) is 0 Å². The van der Waals surface area contributed by atoms with Gasteiger partial charge in [0.1, 0.15) is 17.8 Å². The Balaban J connectivity index is 1.82. The minimum Gasteiger partial charge on any atom is -0.353 e. The Hall–Kier alpha value is -2.52. The molecule has 3 rings (SSSR count). The van der Waals surface area contributed by atoms with Crippen LogP contribution in [-0.2, 0) is 10.0 Å². The fourth-order valence-electron chi connectivity index (χ4n) is 3.81. The summed E-state index contributed by atoms with van der Waals surface area (Å²) in [5.41, 5.74) is 1.36. The lowest BCUT2D eigenvalue weighted by Gasteiger charge is -2.31. The molecule has 1 fully saturated rings. The van der Waals surface area contributed by atoms with Gasteiger partial charge in [0.15, 0.2) is 0 Å². The van der Waals surface area contributed by atoms with Gasteiger partial charge in [-0.25, -0.2) is 23.5 Å². The van der Waals surface area contributed by atoms with Gasteiger partial charge in [0, 0.05) is 24.3 Å². The molecule has 0 bridgehead atoms. The van der Waals surface area contributed by atoms with Crippen LogP contribution in [0.5, 0.6) is 0 Å². The number of aryl methyl sites for hydroxylation is 1. The Kier molecular flexibility index (Phi) is 6.72. The lowest BCUT2D eigenvalue weighted by molar-refractivity contribution is 0.102. The molecule has 1 amide bonds. The second-order valence-corrected chi connectivity index (χ2v) is 9.78. The van der Waals surface area contributed by atoms with Crippen LogP contribution >= 0.6 is 0 Å². The highest BCUT2D eigenvalue weighted by molar-refractivity contribution is 7.89. The SMILES string of the molecule is Cc1cc(S(N)(=O)=O)ccc1NC(=O)c1cc(N(CC(C)C)C2CCCC2)ncn1. The van der Waals surface area contributed by atoms with Crippen molar-refractivity contribution in [2.75, 3.05) is 16.8 Å². The molecule has 2 aromatic rings. The first-order chi connectivity index (χ1) is 14.1. The van der Waals surface area contributed by atoms with E-state index in [1.54, 1.807) is 13.0 Å². The lowest BCUT2D eigenvalue weighted by atomic mass is 10.1. The number of hydrogen-bond donors (Lipinski definition) is 2. The van der Waals surface area contributed by atoms with E-state index in [0.29, 0.717) is 23.2 Å². The number of nitrogens with zero attached hydrogens (tertiary/aromatic N) is 3. The third-order valence-corrected chi connectivity index (χ3v) is 6.19. The molecule has 30 heavy (non-hydrogen) atoms. The molecule has 8 nitrogen and oxygen atoms in total. The minimum absolute atomic E-state index is 0.00297. The van der Waals surface area contributed by atoms with Crippen LogP contribution in [0.1, 0.15) is 55.6 Å². The molecular weight excluding hydrogens is 402 g/mol. The Bertz CT molecular complexity index is 1020. The van der Waals surface area contributed by atoms with Crippen molar-refractivity contribution in [2.24, 2.45) is 11.1 Å². The number of anilines is 2. The zero-order valence-corrected chi connectivity index (χ0v) is 18.4. The van der Waals surface area contributed by atoms with Gasteiger partial charge in [0.05, 0.1) is 4.90 Å². The summed E-state index contributed by atoms with van der Waals surface area (Å²) in [5.74, 6) is 0.857. The predicted octanol–water partition coefficient (Wildman–Crippen LogP) is 3.09. The maximum absolute atomic E-state index is 12.8. The van der Waals surface area contributed by atoms with E-state index in [9.17, 15) is 13.2 Å². The fraction of sp³-hybridized carbons (Fsp3) is 0.476. The number of aromatic nitrogens is 2. The zero-order chi connectivity index (χ0) is 21.9. The van der Waals surface area contributed by atoms with Crippen molar-refractivity contribution in [2.45, 2.75) is 57.4 Å². The van der Waals surface area contributed by atoms with Crippen molar-refractivity contribution in [1.29, 1.82) is 0 Å². The van der Waals surface area contributed by atoms with Gasteiger partial charge in [-0.15, -0.1) is 0 Å². The van der Waals surface area contributed by atoms with Crippen LogP contribution in [0.4, 0.5) is 11.5 Å². The first kappa shape index (κ1) is 22.2. The molecule has 0 radical (unpaired) electrons. The number of carbonyl (C=O) groups excluding carboxylic acids is 1. The second kappa shape index (κ2) is 9.09. The van der Waals surface area contributed by atoms with Gasteiger partial charge in [-0.3, -0.25) is 4.79 Å². The normalized spacial score (nSPS) is 14.8. The third kappa shape index (κ3) is 5.34. The Morgan fingerprint density at radius 1 is 1.23 bits per heavy atom. The number of amides is 1. The van der Waals surface area contributed by atoms with Crippen LogP contribution in [0.15, 0.2) is 35.5 Å². The van der Waals surface area contributed by atoms with Crippen LogP contribution < -0.4 is 15.4 Å². The Morgan fingerprint density at radius 3 is 2.53 bits per heavy atom. The van der Waals surface area contributed by atoms with Gasteiger partial charge in [0.25, 0.3) is 5.91 Å². The Morgan fingerprint density at radius 2 is 1.93 bits per heavy atom. The topological polar surface area (TPSA) is 118 Å². The van der Waals surface area contributed by atoms with Crippen LogP contribution in [-0.4, -0.2) is 36.9 Å². The zero-order valence-electron chi connectivity index (χ0n) is 17.6. The number of primary sulfonamides is 1. The molecule has 0 spiro atoms. The number of nitrogens with two attached hydrogens (primary N) is 1. The number of rotatable bonds is 7. The molecule has 1 heterocycles. The van der Waals surface area contributed by atoms with Gasteiger partial charge >= 0.3 is 0 Å². The molecular formula is C21H29N5O3S. The van der Waals surface area contributed by atoms with Crippen molar-refractivity contribution >= 4 is 27.4 Å². The summed E-state index contributed by atoms with van der Waals surface area (Å²) in [7, 11) is -3.79. The standard InChI is InChI=1S/C21H29N5O3S/c1-14(2)12-26(16-6-4-5-7-16)20-11-19(23-13-24-20)21(27)25-18-9-8-17(10-15(18)3)30(22,28)29/h8-11,13-14,16H,4-7,12H2,1-3H3,(H,25,27)(H2,22,28,29). The number of hydrogen-bond acceptors (Lipinski definition) is 6. The molecule has 1 aromatic heterocycles. The molecule has 1 aliphatic rings. The molecule has 0 saturated heterocycles. The first-order valence-corrected chi connectivity index (χ1v) is 11.7. The monoisotopic (exact) mass is 431 g/mol. The summed E-state index contributed by atoms with van der Waals surface area (Å²) >= 11 is 0. The highest BCUT2D eigenvalue weighted by Gasteiger charge is 2.25. The van der Waals surface area contributed by atoms with Crippen LogP contribution in [0, 0.1) is 12.8 Å². The molecule has 9 heteroatoms. The number of carbonyl (C=O) groups is 1. The van der Waals surface area contributed by atoms with E-state index in [0.717, 1.165) is 25.2 Å². The van der Waals surface area contributed by atoms with Gasteiger partial charge in [0.2, 0.25) is 10.0 Å².